The molecule has 1 aliphatic carbocycles. The Morgan fingerprint density at radius 1 is 1.06 bits per heavy atom. The van der Waals surface area contributed by atoms with Crippen molar-refractivity contribution < 1.29 is 14.3 Å². The number of hydrogen-bond donors (Lipinski definition) is 2. The van der Waals surface area contributed by atoms with Crippen LogP contribution in [0.15, 0.2) is 54.6 Å². The van der Waals surface area contributed by atoms with Crippen LogP contribution in [0.25, 0.3) is 0 Å². The van der Waals surface area contributed by atoms with E-state index in [4.69, 9.17) is 4.74 Å². The first-order valence-electron chi connectivity index (χ1n) is 13.0. The molecule has 36 heavy (non-hydrogen) atoms. The second kappa shape index (κ2) is 12.0. The van der Waals surface area contributed by atoms with Gasteiger partial charge >= 0.3 is 0 Å². The van der Waals surface area contributed by atoms with E-state index in [9.17, 15) is 14.9 Å². The molecule has 0 aromatic heterocycles. The van der Waals surface area contributed by atoms with E-state index in [1.54, 1.807) is 24.3 Å². The van der Waals surface area contributed by atoms with E-state index in [2.05, 4.69) is 21.6 Å². The Kier molecular flexibility index (Phi) is 8.61. The summed E-state index contributed by atoms with van der Waals surface area (Å²) in [6, 6.07) is 18.0. The van der Waals surface area contributed by atoms with Crippen molar-refractivity contribution in [2.75, 3.05) is 20.1 Å². The summed E-state index contributed by atoms with van der Waals surface area (Å²) in [5, 5.41) is 15.9. The first kappa shape index (κ1) is 25.7. The van der Waals surface area contributed by atoms with Gasteiger partial charge in [0.15, 0.2) is 0 Å². The lowest BCUT2D eigenvalue weighted by molar-refractivity contribution is -0.125. The lowest BCUT2D eigenvalue weighted by Crippen LogP contribution is -2.58. The molecule has 1 aliphatic heterocycles. The number of hydrogen-bond acceptors (Lipinski definition) is 5. The van der Waals surface area contributed by atoms with E-state index in [0.29, 0.717) is 42.2 Å². The second-order valence-electron chi connectivity index (χ2n) is 10.2. The minimum absolute atomic E-state index is 0.267. The molecule has 190 valence electrons. The maximum absolute atomic E-state index is 13.5. The number of carbonyl (C=O) groups is 2. The van der Waals surface area contributed by atoms with E-state index in [-0.39, 0.29) is 11.8 Å². The molecule has 1 saturated heterocycles. The van der Waals surface area contributed by atoms with E-state index in [0.717, 1.165) is 38.8 Å². The quantitative estimate of drug-likeness (QED) is 0.564. The summed E-state index contributed by atoms with van der Waals surface area (Å²) in [5.41, 5.74) is -0.457. The van der Waals surface area contributed by atoms with Crippen LogP contribution in [0.5, 0.6) is 11.5 Å². The summed E-state index contributed by atoms with van der Waals surface area (Å²) in [6.45, 7) is 1.50. The lowest BCUT2D eigenvalue weighted by atomic mass is 9.84. The van der Waals surface area contributed by atoms with E-state index in [1.807, 2.05) is 37.4 Å². The third kappa shape index (κ3) is 6.86. The number of amides is 2. The maximum atomic E-state index is 13.5. The van der Waals surface area contributed by atoms with Crippen molar-refractivity contribution in [3.8, 4) is 17.6 Å². The number of benzene rings is 2. The number of ether oxygens (including phenoxy) is 1. The van der Waals surface area contributed by atoms with Gasteiger partial charge in [0.1, 0.15) is 23.1 Å². The van der Waals surface area contributed by atoms with Crippen LogP contribution in [0.1, 0.15) is 61.7 Å². The van der Waals surface area contributed by atoms with Crippen LogP contribution >= 0.6 is 0 Å². The molecular weight excluding hydrogens is 452 g/mol. The van der Waals surface area contributed by atoms with E-state index >= 15 is 0 Å². The summed E-state index contributed by atoms with van der Waals surface area (Å²) < 4.78 is 5.88. The summed E-state index contributed by atoms with van der Waals surface area (Å²) in [4.78, 5) is 28.9. The SMILES string of the molecule is CN1CCC(C#N)(NC(=O)C(CC2CCCCC2)NC(=O)c2cccc(Oc3ccccc3)c2)CC1. The zero-order valence-corrected chi connectivity index (χ0v) is 21.0. The van der Waals surface area contributed by atoms with Gasteiger partial charge in [-0.1, -0.05) is 56.4 Å². The Morgan fingerprint density at radius 2 is 1.75 bits per heavy atom. The van der Waals surface area contributed by atoms with Crippen LogP contribution in [-0.4, -0.2) is 48.4 Å². The molecule has 1 heterocycles. The number of para-hydroxylation sites is 1. The Labute approximate surface area is 213 Å². The Bertz CT molecular complexity index is 1070. The zero-order chi connectivity index (χ0) is 25.4. The molecule has 1 unspecified atom stereocenters. The Morgan fingerprint density at radius 3 is 2.44 bits per heavy atom. The Hall–Kier alpha value is -3.37. The van der Waals surface area contributed by atoms with Crippen molar-refractivity contribution in [3.63, 3.8) is 0 Å². The number of nitrogens with zero attached hydrogens (tertiary/aromatic N) is 2. The van der Waals surface area contributed by atoms with Crippen LogP contribution in [0, 0.1) is 17.2 Å². The summed E-state index contributed by atoms with van der Waals surface area (Å²) >= 11 is 0. The molecule has 7 nitrogen and oxygen atoms in total. The van der Waals surface area contributed by atoms with Crippen LogP contribution in [0.2, 0.25) is 0 Å². The topological polar surface area (TPSA) is 94.5 Å². The minimum Gasteiger partial charge on any atom is -0.457 e. The standard InChI is InChI=1S/C29H36N4O3/c1-33-17-15-29(21-30,16-18-33)32-28(35)26(19-22-9-4-2-5-10-22)31-27(34)23-11-8-14-25(20-23)36-24-12-6-3-7-13-24/h3,6-8,11-14,20,22,26H,2,4-5,9-10,15-19H2,1H3,(H,31,34)(H,32,35). The fourth-order valence-electron chi connectivity index (χ4n) is 5.14. The molecule has 2 fully saturated rings. The van der Waals surface area contributed by atoms with Crippen LogP contribution in [-0.2, 0) is 4.79 Å². The van der Waals surface area contributed by atoms with Gasteiger partial charge in [-0.05, 0) is 62.6 Å². The third-order valence-electron chi connectivity index (χ3n) is 7.41. The lowest BCUT2D eigenvalue weighted by Gasteiger charge is -2.37. The molecule has 2 amide bonds. The molecule has 4 rings (SSSR count). The highest BCUT2D eigenvalue weighted by Crippen LogP contribution is 2.29. The first-order valence-corrected chi connectivity index (χ1v) is 13.0. The predicted octanol–water partition coefficient (Wildman–Crippen LogP) is 4.65. The van der Waals surface area contributed by atoms with Gasteiger partial charge in [-0.25, -0.2) is 0 Å². The van der Waals surface area contributed by atoms with Crippen molar-refractivity contribution in [2.24, 2.45) is 5.92 Å². The smallest absolute Gasteiger partial charge is 0.252 e. The zero-order valence-electron chi connectivity index (χ0n) is 21.0. The molecule has 2 aliphatic rings. The molecule has 1 saturated carbocycles. The van der Waals surface area contributed by atoms with Crippen LogP contribution in [0.3, 0.4) is 0 Å². The van der Waals surface area contributed by atoms with Gasteiger partial charge in [-0.2, -0.15) is 5.26 Å². The fourth-order valence-corrected chi connectivity index (χ4v) is 5.14. The monoisotopic (exact) mass is 488 g/mol. The molecule has 7 heteroatoms. The third-order valence-corrected chi connectivity index (χ3v) is 7.41. The predicted molar refractivity (Wildman–Crippen MR) is 139 cm³/mol. The molecule has 2 N–H and O–H groups in total. The van der Waals surface area contributed by atoms with Gasteiger partial charge in [0.05, 0.1) is 6.07 Å². The number of likely N-dealkylation sites (tertiary alicyclic amines) is 1. The summed E-state index contributed by atoms with van der Waals surface area (Å²) in [6.07, 6.45) is 7.39. The summed E-state index contributed by atoms with van der Waals surface area (Å²) in [7, 11) is 2.02. The highest BCUT2D eigenvalue weighted by atomic mass is 16.5. The van der Waals surface area contributed by atoms with Gasteiger partial charge in [-0.3, -0.25) is 9.59 Å². The first-order chi connectivity index (χ1) is 17.5. The number of nitrogens with one attached hydrogen (secondary N) is 2. The van der Waals surface area contributed by atoms with Crippen LogP contribution < -0.4 is 15.4 Å². The van der Waals surface area contributed by atoms with E-state index in [1.165, 1.54) is 6.42 Å². The largest absolute Gasteiger partial charge is 0.457 e. The molecule has 1 atom stereocenters. The molecule has 0 spiro atoms. The molecule has 2 aromatic rings. The van der Waals surface area contributed by atoms with Crippen molar-refractivity contribution in [1.29, 1.82) is 5.26 Å². The van der Waals surface area contributed by atoms with Gasteiger partial charge in [0.2, 0.25) is 5.91 Å². The molecule has 0 bridgehead atoms. The minimum atomic E-state index is -0.886. The number of carbonyl (C=O) groups excluding carboxylic acids is 2. The van der Waals surface area contributed by atoms with Crippen molar-refractivity contribution >= 4 is 11.8 Å². The molecule has 2 aromatic carbocycles. The highest BCUT2D eigenvalue weighted by Gasteiger charge is 2.38. The molecular formula is C29H36N4O3. The number of piperidine rings is 1. The van der Waals surface area contributed by atoms with Gasteiger partial charge < -0.3 is 20.3 Å². The number of rotatable bonds is 8. The highest BCUT2D eigenvalue weighted by molar-refractivity contribution is 5.98. The van der Waals surface area contributed by atoms with E-state index < -0.39 is 11.6 Å². The van der Waals surface area contributed by atoms with Gasteiger partial charge in [-0.15, -0.1) is 0 Å². The molecule has 0 radical (unpaired) electrons. The summed E-state index contributed by atoms with van der Waals surface area (Å²) in [5.74, 6) is 1.04. The van der Waals surface area contributed by atoms with Gasteiger partial charge in [0.25, 0.3) is 5.91 Å². The van der Waals surface area contributed by atoms with Gasteiger partial charge in [0, 0.05) is 18.7 Å². The fraction of sp³-hybridized carbons (Fsp3) is 0.483. The second-order valence-corrected chi connectivity index (χ2v) is 10.2. The van der Waals surface area contributed by atoms with Crippen molar-refractivity contribution in [2.45, 2.75) is 62.9 Å². The normalized spacial score (nSPS) is 19.0. The average molecular weight is 489 g/mol. The van der Waals surface area contributed by atoms with Crippen molar-refractivity contribution in [3.05, 3.63) is 60.2 Å². The maximum Gasteiger partial charge on any atom is 0.252 e. The van der Waals surface area contributed by atoms with Crippen LogP contribution in [0.4, 0.5) is 0 Å². The average Bonchev–Trinajstić information content (AvgIpc) is 2.91. The van der Waals surface area contributed by atoms with Crippen molar-refractivity contribution in [1.82, 2.24) is 15.5 Å². The Balaban J connectivity index is 1.47. The number of nitriles is 1.